The monoisotopic (exact) mass is 483 g/mol. The lowest BCUT2D eigenvalue weighted by Crippen LogP contribution is -2.58. The van der Waals surface area contributed by atoms with Crippen molar-refractivity contribution in [2.45, 2.75) is 37.1 Å². The van der Waals surface area contributed by atoms with Crippen molar-refractivity contribution >= 4 is 53.9 Å². The normalized spacial score (nSPS) is 23.7. The zero-order valence-corrected chi connectivity index (χ0v) is 19.6. The van der Waals surface area contributed by atoms with Crippen molar-refractivity contribution in [3.05, 3.63) is 65.2 Å². The average molecular weight is 485 g/mol. The third kappa shape index (κ3) is 5.01. The Morgan fingerprint density at radius 1 is 0.935 bits per heavy atom. The Bertz CT molecular complexity index is 902. The third-order valence-electron chi connectivity index (χ3n) is 6.50. The summed E-state index contributed by atoms with van der Waals surface area (Å²) >= 11 is 6.20. The summed E-state index contributed by atoms with van der Waals surface area (Å²) in [4.78, 5) is 28.9. The summed E-state index contributed by atoms with van der Waals surface area (Å²) in [5.41, 5.74) is 8.02. The number of carbonyl (C=O) groups is 2. The van der Waals surface area contributed by atoms with Crippen molar-refractivity contribution in [2.24, 2.45) is 5.73 Å². The van der Waals surface area contributed by atoms with Gasteiger partial charge >= 0.3 is 11.8 Å². The Balaban J connectivity index is 0.00000171. The molecular formula is C23H28Cl3N3O2. The lowest BCUT2D eigenvalue weighted by molar-refractivity contribution is -0.148. The first-order chi connectivity index (χ1) is 14.0. The molecule has 2 fully saturated rings. The van der Waals surface area contributed by atoms with E-state index in [0.717, 1.165) is 36.4 Å². The second-order valence-corrected chi connectivity index (χ2v) is 8.45. The maximum Gasteiger partial charge on any atom is 0.316 e. The zero-order valence-electron chi connectivity index (χ0n) is 17.2. The molecule has 31 heavy (non-hydrogen) atoms. The van der Waals surface area contributed by atoms with Gasteiger partial charge in [-0.15, -0.1) is 24.8 Å². The molecule has 2 aliphatic rings. The lowest BCUT2D eigenvalue weighted by atomic mass is 9.68. The predicted octanol–water partition coefficient (Wildman–Crippen LogP) is 4.20. The first-order valence-electron chi connectivity index (χ1n) is 10.2. The van der Waals surface area contributed by atoms with E-state index in [-0.39, 0.29) is 36.3 Å². The number of halogens is 3. The number of amides is 2. The molecule has 8 heteroatoms. The fraction of sp³-hybridized carbons (Fsp3) is 0.391. The largest absolute Gasteiger partial charge is 0.330 e. The fourth-order valence-corrected chi connectivity index (χ4v) is 4.94. The van der Waals surface area contributed by atoms with Gasteiger partial charge in [-0.1, -0.05) is 41.9 Å². The molecule has 1 saturated heterocycles. The van der Waals surface area contributed by atoms with Gasteiger partial charge in [0.2, 0.25) is 0 Å². The number of rotatable bonds is 4. The second kappa shape index (κ2) is 10.7. The fourth-order valence-electron chi connectivity index (χ4n) is 4.75. The quantitative estimate of drug-likeness (QED) is 0.662. The van der Waals surface area contributed by atoms with E-state index < -0.39 is 11.8 Å². The van der Waals surface area contributed by atoms with Gasteiger partial charge in [0, 0.05) is 41.8 Å². The lowest BCUT2D eigenvalue weighted by Gasteiger charge is -2.45. The highest BCUT2D eigenvalue weighted by atomic mass is 35.5. The Labute approximate surface area is 200 Å². The van der Waals surface area contributed by atoms with Gasteiger partial charge in [-0.3, -0.25) is 9.59 Å². The van der Waals surface area contributed by atoms with Crippen molar-refractivity contribution in [2.75, 3.05) is 24.5 Å². The number of para-hydroxylation sites is 1. The maximum absolute atomic E-state index is 12.8. The van der Waals surface area contributed by atoms with Crippen LogP contribution in [0.2, 0.25) is 5.02 Å². The number of benzene rings is 2. The van der Waals surface area contributed by atoms with Gasteiger partial charge in [0.1, 0.15) is 0 Å². The number of anilines is 1. The van der Waals surface area contributed by atoms with E-state index >= 15 is 0 Å². The highest BCUT2D eigenvalue weighted by Crippen LogP contribution is 2.41. The summed E-state index contributed by atoms with van der Waals surface area (Å²) in [6.45, 7) is 1.65. The van der Waals surface area contributed by atoms with Crippen LogP contribution in [0.4, 0.5) is 5.69 Å². The smallest absolute Gasteiger partial charge is 0.316 e. The van der Waals surface area contributed by atoms with Gasteiger partial charge in [0.15, 0.2) is 0 Å². The molecule has 0 atom stereocenters. The van der Waals surface area contributed by atoms with Gasteiger partial charge < -0.3 is 15.5 Å². The Morgan fingerprint density at radius 2 is 1.61 bits per heavy atom. The minimum absolute atomic E-state index is 0. The molecule has 2 amide bonds. The summed E-state index contributed by atoms with van der Waals surface area (Å²) in [5.74, 6) is -0.832. The number of hydrogen-bond donors (Lipinski definition) is 1. The number of hydrogen-bond acceptors (Lipinski definition) is 3. The second-order valence-electron chi connectivity index (χ2n) is 8.02. The molecule has 0 spiro atoms. The Kier molecular flexibility index (Phi) is 8.78. The molecule has 1 aliphatic heterocycles. The van der Waals surface area contributed by atoms with Crippen LogP contribution in [0.25, 0.3) is 0 Å². The number of nitrogens with two attached hydrogens (primary N) is 1. The first-order valence-corrected chi connectivity index (χ1v) is 10.6. The van der Waals surface area contributed by atoms with E-state index in [1.165, 1.54) is 5.56 Å². The van der Waals surface area contributed by atoms with E-state index in [1.807, 2.05) is 48.5 Å². The van der Waals surface area contributed by atoms with Crippen LogP contribution in [0.5, 0.6) is 0 Å². The third-order valence-corrected chi connectivity index (χ3v) is 6.74. The van der Waals surface area contributed by atoms with Crippen molar-refractivity contribution in [1.82, 2.24) is 4.90 Å². The molecule has 1 saturated carbocycles. The van der Waals surface area contributed by atoms with Gasteiger partial charge in [0.25, 0.3) is 0 Å². The van der Waals surface area contributed by atoms with Gasteiger partial charge in [-0.25, -0.2) is 0 Å². The molecule has 2 aromatic carbocycles. The summed E-state index contributed by atoms with van der Waals surface area (Å²) in [7, 11) is 0. The summed E-state index contributed by atoms with van der Waals surface area (Å²) in [5, 5.41) is 0.718. The van der Waals surface area contributed by atoms with Gasteiger partial charge in [-0.2, -0.15) is 0 Å². The minimum Gasteiger partial charge on any atom is -0.330 e. The molecule has 1 aliphatic carbocycles. The highest BCUT2D eigenvalue weighted by molar-refractivity contribution is 6.41. The van der Waals surface area contributed by atoms with Gasteiger partial charge in [-0.05, 0) is 55.5 Å². The van der Waals surface area contributed by atoms with E-state index in [1.54, 1.807) is 9.80 Å². The maximum atomic E-state index is 12.8. The van der Waals surface area contributed by atoms with Crippen LogP contribution in [0, 0.1) is 0 Å². The SMILES string of the molecule is Cl.Cl.NC[C@]1(c2cccc(Cl)c2)CC[C@@H](N2CCN(c3ccccc3)C(=O)C2=O)CC1. The molecule has 168 valence electrons. The molecule has 5 nitrogen and oxygen atoms in total. The van der Waals surface area contributed by atoms with Crippen molar-refractivity contribution in [3.8, 4) is 0 Å². The molecule has 0 radical (unpaired) electrons. The topological polar surface area (TPSA) is 66.6 Å². The molecule has 2 aromatic rings. The van der Waals surface area contributed by atoms with Crippen LogP contribution in [0.3, 0.4) is 0 Å². The molecular weight excluding hydrogens is 457 g/mol. The van der Waals surface area contributed by atoms with E-state index in [2.05, 4.69) is 6.07 Å². The van der Waals surface area contributed by atoms with E-state index in [4.69, 9.17) is 17.3 Å². The average Bonchev–Trinajstić information content (AvgIpc) is 2.76. The van der Waals surface area contributed by atoms with Crippen LogP contribution in [0.1, 0.15) is 31.2 Å². The Hall–Kier alpha value is -1.79. The molecule has 0 unspecified atom stereocenters. The number of nitrogens with zero attached hydrogens (tertiary/aromatic N) is 2. The standard InChI is InChI=1S/C23H26ClN3O2.2ClH/c24-18-6-4-5-17(15-18)23(16-25)11-9-20(10-12-23)27-14-13-26(21(28)22(27)29)19-7-2-1-3-8-19;;/h1-8,15,20H,9-14,16,25H2;2*1H/t20-,23+;;. The van der Waals surface area contributed by atoms with Crippen LogP contribution < -0.4 is 10.6 Å². The Morgan fingerprint density at radius 3 is 2.23 bits per heavy atom. The van der Waals surface area contributed by atoms with Crippen LogP contribution in [0.15, 0.2) is 54.6 Å². The molecule has 4 rings (SSSR count). The first kappa shape index (κ1) is 25.5. The minimum atomic E-state index is -0.437. The number of piperazine rings is 1. The molecule has 1 heterocycles. The van der Waals surface area contributed by atoms with Crippen LogP contribution in [-0.4, -0.2) is 42.4 Å². The highest BCUT2D eigenvalue weighted by Gasteiger charge is 2.42. The zero-order chi connectivity index (χ0) is 20.4. The van der Waals surface area contributed by atoms with E-state index in [9.17, 15) is 9.59 Å². The number of carbonyl (C=O) groups excluding carboxylic acids is 2. The van der Waals surface area contributed by atoms with Gasteiger partial charge in [0.05, 0.1) is 0 Å². The summed E-state index contributed by atoms with van der Waals surface area (Å²) < 4.78 is 0. The summed E-state index contributed by atoms with van der Waals surface area (Å²) in [6, 6.07) is 17.4. The van der Waals surface area contributed by atoms with Crippen LogP contribution in [-0.2, 0) is 15.0 Å². The molecule has 2 N–H and O–H groups in total. The van der Waals surface area contributed by atoms with Crippen molar-refractivity contribution < 1.29 is 9.59 Å². The molecule has 0 bridgehead atoms. The van der Waals surface area contributed by atoms with E-state index in [0.29, 0.717) is 19.6 Å². The molecule has 0 aromatic heterocycles. The summed E-state index contributed by atoms with van der Waals surface area (Å²) in [6.07, 6.45) is 3.45. The van der Waals surface area contributed by atoms with Crippen molar-refractivity contribution in [1.29, 1.82) is 0 Å². The van der Waals surface area contributed by atoms with Crippen molar-refractivity contribution in [3.63, 3.8) is 0 Å². The predicted molar refractivity (Wildman–Crippen MR) is 129 cm³/mol. The van der Waals surface area contributed by atoms with Crippen LogP contribution >= 0.6 is 36.4 Å².